The fourth-order valence-corrected chi connectivity index (χ4v) is 6.18. The molecule has 5 nitrogen and oxygen atoms in total. The number of benzene rings is 3. The molecule has 6 rings (SSSR count). The first-order valence-electron chi connectivity index (χ1n) is 9.98. The first-order valence-corrected chi connectivity index (χ1v) is 11.5. The minimum Gasteiger partial charge on any atom is -0.491 e. The van der Waals surface area contributed by atoms with Gasteiger partial charge >= 0.3 is 0 Å². The van der Waals surface area contributed by atoms with Gasteiger partial charge in [-0.1, -0.05) is 35.9 Å². The number of hydrogen-bond donors (Lipinski definition) is 0. The van der Waals surface area contributed by atoms with Gasteiger partial charge in [-0.2, -0.15) is 0 Å². The summed E-state index contributed by atoms with van der Waals surface area (Å²) in [6.45, 7) is 2.59. The molecule has 0 saturated heterocycles. The Hall–Kier alpha value is -3.25. The van der Waals surface area contributed by atoms with Gasteiger partial charge in [-0.25, -0.2) is 8.42 Å². The Balaban J connectivity index is 1.74. The van der Waals surface area contributed by atoms with Gasteiger partial charge in [0.25, 0.3) is 0 Å². The lowest BCUT2D eigenvalue weighted by Gasteiger charge is -2.32. The second-order valence-electron chi connectivity index (χ2n) is 7.76. The zero-order valence-electron chi connectivity index (χ0n) is 16.4. The van der Waals surface area contributed by atoms with E-state index < -0.39 is 9.84 Å². The molecule has 0 amide bonds. The average Bonchev–Trinajstić information content (AvgIpc) is 3.13. The molecular weight excluding hydrogens is 398 g/mol. The number of rotatable bonds is 1. The van der Waals surface area contributed by atoms with Crippen molar-refractivity contribution >= 4 is 38.1 Å². The summed E-state index contributed by atoms with van der Waals surface area (Å²) in [5.41, 5.74) is 4.03. The van der Waals surface area contributed by atoms with Crippen LogP contribution in [0.3, 0.4) is 0 Å². The highest BCUT2D eigenvalue weighted by atomic mass is 32.2. The first-order chi connectivity index (χ1) is 14.6. The van der Waals surface area contributed by atoms with Crippen LogP contribution in [0, 0.1) is 6.92 Å². The molecule has 2 aliphatic rings. The normalized spacial score (nSPS) is 16.5. The minimum absolute atomic E-state index is 0.216. The molecule has 1 aromatic heterocycles. The summed E-state index contributed by atoms with van der Waals surface area (Å²) in [5, 5.41) is 0.607. The average molecular weight is 417 g/mol. The molecule has 0 radical (unpaired) electrons. The molecule has 30 heavy (non-hydrogen) atoms. The molecule has 0 unspecified atom stereocenters. The number of fused-ring (bicyclic) bond motifs is 5. The number of para-hydroxylation sites is 2. The van der Waals surface area contributed by atoms with E-state index in [1.165, 1.54) is 0 Å². The van der Waals surface area contributed by atoms with Crippen molar-refractivity contribution in [3.05, 3.63) is 71.8 Å². The van der Waals surface area contributed by atoms with Crippen LogP contribution < -0.4 is 9.64 Å². The van der Waals surface area contributed by atoms with Crippen LogP contribution in [0.5, 0.6) is 5.75 Å². The minimum atomic E-state index is -3.74. The fraction of sp³-hybridized carbons (Fsp3) is 0.167. The predicted molar refractivity (Wildman–Crippen MR) is 115 cm³/mol. The fourth-order valence-electron chi connectivity index (χ4n) is 4.46. The SMILES string of the molecule is Cc1ccc2oc3c(c2c1)S(=O)(=O)c1ccccc1N3c1cccc2c1OCCC2. The summed E-state index contributed by atoms with van der Waals surface area (Å²) in [6.07, 6.45) is 1.90. The third kappa shape index (κ3) is 2.31. The molecule has 4 aromatic rings. The molecule has 150 valence electrons. The van der Waals surface area contributed by atoms with Crippen molar-refractivity contribution in [2.24, 2.45) is 0 Å². The van der Waals surface area contributed by atoms with Crippen molar-refractivity contribution < 1.29 is 17.6 Å². The van der Waals surface area contributed by atoms with Crippen molar-refractivity contribution in [1.29, 1.82) is 0 Å². The number of nitrogens with zero attached hydrogens (tertiary/aromatic N) is 1. The lowest BCUT2D eigenvalue weighted by molar-refractivity contribution is 0.289. The van der Waals surface area contributed by atoms with E-state index in [4.69, 9.17) is 9.15 Å². The van der Waals surface area contributed by atoms with Crippen LogP contribution in [0.4, 0.5) is 17.3 Å². The van der Waals surface area contributed by atoms with E-state index in [0.717, 1.165) is 35.4 Å². The van der Waals surface area contributed by atoms with Gasteiger partial charge in [0.1, 0.15) is 16.2 Å². The summed E-state index contributed by atoms with van der Waals surface area (Å²) >= 11 is 0. The highest BCUT2D eigenvalue weighted by Crippen LogP contribution is 2.54. The molecule has 0 fully saturated rings. The van der Waals surface area contributed by atoms with Crippen LogP contribution >= 0.6 is 0 Å². The molecule has 0 N–H and O–H groups in total. The van der Waals surface area contributed by atoms with Crippen molar-refractivity contribution in [3.8, 4) is 5.75 Å². The molecule has 3 aromatic carbocycles. The van der Waals surface area contributed by atoms with Gasteiger partial charge in [-0.05, 0) is 55.7 Å². The quantitative estimate of drug-likeness (QED) is 0.351. The molecule has 0 aliphatic carbocycles. The third-order valence-corrected chi connectivity index (χ3v) is 7.66. The van der Waals surface area contributed by atoms with Crippen LogP contribution in [-0.2, 0) is 16.3 Å². The van der Waals surface area contributed by atoms with Crippen LogP contribution in [-0.4, -0.2) is 15.0 Å². The van der Waals surface area contributed by atoms with E-state index in [1.54, 1.807) is 12.1 Å². The van der Waals surface area contributed by atoms with Gasteiger partial charge in [0.05, 0.1) is 22.9 Å². The number of ether oxygens (including phenoxy) is 1. The Labute approximate surface area is 174 Å². The maximum absolute atomic E-state index is 13.6. The number of aryl methyl sites for hydroxylation is 2. The highest BCUT2D eigenvalue weighted by molar-refractivity contribution is 7.92. The Morgan fingerprint density at radius 1 is 0.967 bits per heavy atom. The second-order valence-corrected chi connectivity index (χ2v) is 9.61. The molecule has 0 spiro atoms. The van der Waals surface area contributed by atoms with Crippen LogP contribution in [0.25, 0.3) is 11.0 Å². The van der Waals surface area contributed by atoms with Crippen molar-refractivity contribution in [1.82, 2.24) is 0 Å². The monoisotopic (exact) mass is 417 g/mol. The van der Waals surface area contributed by atoms with Gasteiger partial charge in [-0.15, -0.1) is 0 Å². The highest BCUT2D eigenvalue weighted by Gasteiger charge is 2.41. The zero-order chi connectivity index (χ0) is 20.5. The first kappa shape index (κ1) is 17.6. The molecule has 3 heterocycles. The van der Waals surface area contributed by atoms with Gasteiger partial charge in [0.15, 0.2) is 0 Å². The van der Waals surface area contributed by atoms with E-state index in [-0.39, 0.29) is 9.79 Å². The largest absolute Gasteiger partial charge is 0.491 e. The Morgan fingerprint density at radius 3 is 2.70 bits per heavy atom. The summed E-state index contributed by atoms with van der Waals surface area (Å²) in [6, 6.07) is 18.7. The van der Waals surface area contributed by atoms with E-state index in [0.29, 0.717) is 29.1 Å². The Bertz CT molecular complexity index is 1440. The summed E-state index contributed by atoms with van der Waals surface area (Å²) in [4.78, 5) is 2.38. The summed E-state index contributed by atoms with van der Waals surface area (Å²) < 4.78 is 39.5. The van der Waals surface area contributed by atoms with Crippen molar-refractivity contribution in [2.45, 2.75) is 29.6 Å². The number of hydrogen-bond acceptors (Lipinski definition) is 5. The summed E-state index contributed by atoms with van der Waals surface area (Å²) in [5.74, 6) is 1.11. The van der Waals surface area contributed by atoms with Gasteiger partial charge in [0.2, 0.25) is 15.7 Å². The standard InChI is InChI=1S/C24H19NO4S/c1-15-11-12-20-17(14-15)23-24(29-20)25(18-8-2-3-10-21(18)30(23,26)27)19-9-4-6-16-7-5-13-28-22(16)19/h2-4,6,8-12,14H,5,7,13H2,1H3. The topological polar surface area (TPSA) is 59.8 Å². The van der Waals surface area contributed by atoms with Crippen molar-refractivity contribution in [3.63, 3.8) is 0 Å². The van der Waals surface area contributed by atoms with E-state index in [1.807, 2.05) is 54.3 Å². The van der Waals surface area contributed by atoms with E-state index in [2.05, 4.69) is 6.07 Å². The van der Waals surface area contributed by atoms with Gasteiger partial charge in [0, 0.05) is 5.39 Å². The molecule has 0 atom stereocenters. The molecule has 6 heteroatoms. The molecule has 0 saturated carbocycles. The lowest BCUT2D eigenvalue weighted by Crippen LogP contribution is -2.22. The predicted octanol–water partition coefficient (Wildman–Crippen LogP) is 5.68. The number of sulfone groups is 1. The molecule has 0 bridgehead atoms. The maximum Gasteiger partial charge on any atom is 0.225 e. The van der Waals surface area contributed by atoms with E-state index in [9.17, 15) is 8.42 Å². The van der Waals surface area contributed by atoms with Crippen LogP contribution in [0.2, 0.25) is 0 Å². The zero-order valence-corrected chi connectivity index (χ0v) is 17.2. The Kier molecular flexibility index (Phi) is 3.59. The van der Waals surface area contributed by atoms with Crippen molar-refractivity contribution in [2.75, 3.05) is 11.5 Å². The number of anilines is 3. The van der Waals surface area contributed by atoms with Crippen LogP contribution in [0.1, 0.15) is 17.5 Å². The third-order valence-electron chi connectivity index (χ3n) is 5.80. The smallest absolute Gasteiger partial charge is 0.225 e. The lowest BCUT2D eigenvalue weighted by atomic mass is 10.0. The van der Waals surface area contributed by atoms with Gasteiger partial charge in [-0.3, -0.25) is 4.90 Å². The van der Waals surface area contributed by atoms with Crippen LogP contribution in [0.15, 0.2) is 74.9 Å². The van der Waals surface area contributed by atoms with E-state index >= 15 is 0 Å². The molecule has 2 aliphatic heterocycles. The second kappa shape index (κ2) is 6.12. The molecular formula is C24H19NO4S. The number of furan rings is 1. The summed E-state index contributed by atoms with van der Waals surface area (Å²) in [7, 11) is -3.74. The maximum atomic E-state index is 13.6. The Morgan fingerprint density at radius 2 is 1.80 bits per heavy atom. The van der Waals surface area contributed by atoms with Gasteiger partial charge < -0.3 is 9.15 Å².